The van der Waals surface area contributed by atoms with E-state index < -0.39 is 94.7 Å². The van der Waals surface area contributed by atoms with Gasteiger partial charge >= 0.3 is 0 Å². The van der Waals surface area contributed by atoms with Gasteiger partial charge in [0.2, 0.25) is 29.4 Å². The fraction of sp³-hybridized carbons (Fsp3) is 0.521. The number of ketones is 3. The van der Waals surface area contributed by atoms with Gasteiger partial charge in [-0.2, -0.15) is 0 Å². The number of hydrogen-bond acceptors (Lipinski definition) is 15. The first-order valence-corrected chi connectivity index (χ1v) is 22.9. The molecule has 12 N–H and O–H groups in total. The van der Waals surface area contributed by atoms with E-state index in [-0.39, 0.29) is 67.7 Å². The number of amides is 4. The van der Waals surface area contributed by atoms with Gasteiger partial charge in [0.15, 0.2) is 23.4 Å². The van der Waals surface area contributed by atoms with Gasteiger partial charge in [-0.1, -0.05) is 54.0 Å². The SMILES string of the molecule is CCC(C)C(O)C(=O)C1C=CN(C(=O)C(N)CCCNC(=O)C(Cc2c[nH]c3ccc(O)cc23)NC(=O)C=Cc2coc(C(C)NC(=O)C(=O)C(N)CC(C)C)n2)C1(C=O)C(=O)C(N)CC(C)C. The molecule has 0 bridgehead atoms. The minimum atomic E-state index is -2.38. The van der Waals surface area contributed by atoms with E-state index in [2.05, 4.69) is 25.9 Å². The number of nitrogens with one attached hydrogen (secondary N) is 4. The van der Waals surface area contributed by atoms with E-state index in [0.717, 1.165) is 17.2 Å². The number of aromatic nitrogens is 2. The number of benzene rings is 1. The fourth-order valence-electron chi connectivity index (χ4n) is 8.01. The summed E-state index contributed by atoms with van der Waals surface area (Å²) in [6.07, 6.45) is 7.40. The molecule has 1 aliphatic heterocycles. The summed E-state index contributed by atoms with van der Waals surface area (Å²) in [6, 6.07) is -0.803. The first-order chi connectivity index (χ1) is 32.0. The van der Waals surface area contributed by atoms with Crippen molar-refractivity contribution in [1.29, 1.82) is 0 Å². The number of oxazole rings is 1. The van der Waals surface area contributed by atoms with Crippen LogP contribution in [0.15, 0.2) is 53.4 Å². The van der Waals surface area contributed by atoms with Crippen LogP contribution in [0.25, 0.3) is 17.0 Å². The average molecular weight is 946 g/mol. The lowest BCUT2D eigenvalue weighted by Crippen LogP contribution is -2.66. The number of H-pyrrole nitrogens is 1. The van der Waals surface area contributed by atoms with Crippen LogP contribution in [0.4, 0.5) is 0 Å². The molecule has 0 radical (unpaired) electrons. The number of Topliss-reactive ketones (excluding diaryl/α,β-unsaturated/α-hetero) is 3. The molecule has 1 aromatic carbocycles. The third kappa shape index (κ3) is 13.2. The predicted octanol–water partition coefficient (Wildman–Crippen LogP) is 1.77. The van der Waals surface area contributed by atoms with E-state index in [1.807, 2.05) is 27.7 Å². The Hall–Kier alpha value is -6.35. The monoisotopic (exact) mass is 945 g/mol. The number of nitrogens with two attached hydrogens (primary N) is 3. The molecule has 20 nitrogen and oxygen atoms in total. The highest BCUT2D eigenvalue weighted by atomic mass is 16.3. The van der Waals surface area contributed by atoms with Crippen molar-refractivity contribution in [2.24, 2.45) is 40.9 Å². The number of phenolic OH excluding ortho intramolecular Hbond substituents is 1. The van der Waals surface area contributed by atoms with Gasteiger partial charge in [0.1, 0.15) is 35.9 Å². The normalized spacial score (nSPS) is 19.1. The van der Waals surface area contributed by atoms with Crippen molar-refractivity contribution in [3.05, 3.63) is 66.2 Å². The van der Waals surface area contributed by atoms with Crippen molar-refractivity contribution >= 4 is 64.2 Å². The second-order valence-corrected chi connectivity index (χ2v) is 18.4. The minimum absolute atomic E-state index is 0.0113. The Morgan fingerprint density at radius 2 is 1.65 bits per heavy atom. The number of aldehydes is 1. The summed E-state index contributed by atoms with van der Waals surface area (Å²) in [5.74, 6) is -7.41. The molecule has 4 rings (SSSR count). The zero-order valence-corrected chi connectivity index (χ0v) is 39.7. The van der Waals surface area contributed by atoms with E-state index in [0.29, 0.717) is 29.3 Å². The number of aliphatic hydroxyl groups excluding tert-OH is 1. The average Bonchev–Trinajstić information content (AvgIpc) is 4.05. The lowest BCUT2D eigenvalue weighted by Gasteiger charge is -2.39. The van der Waals surface area contributed by atoms with Crippen LogP contribution in [-0.4, -0.2) is 115 Å². The summed E-state index contributed by atoms with van der Waals surface area (Å²) in [5.41, 5.74) is 17.6. The second-order valence-electron chi connectivity index (χ2n) is 18.4. The molecule has 370 valence electrons. The number of hydrogen-bond donors (Lipinski definition) is 9. The maximum absolute atomic E-state index is 14.1. The third-order valence-corrected chi connectivity index (χ3v) is 12.0. The molecular formula is C48H67N9O11. The molecule has 9 atom stereocenters. The number of carbonyl (C=O) groups is 8. The zero-order chi connectivity index (χ0) is 50.6. The number of aromatic hydroxyl groups is 1. The van der Waals surface area contributed by atoms with E-state index in [4.69, 9.17) is 21.6 Å². The van der Waals surface area contributed by atoms with Gasteiger partial charge in [0.25, 0.3) is 5.91 Å². The standard InChI is InChI=1S/C48H67N9O11/c1-8-27(6)40(61)41(62)33-15-17-57(48(33,24-58)43(64)36(51)19-26(4)5)47(67)34(49)10-9-16-52-44(65)38(20-29-22-53-37-13-12-31(59)21-32(29)37)56-39(60)14-11-30-23-68-46(55-30)28(7)54-45(66)42(63)35(50)18-25(2)3/h11-15,17,21-28,33-36,38,40,53,59,61H,8-10,16,18-20,49-51H2,1-7H3,(H,52,65)(H,54,66)(H,56,60). The number of phenols is 1. The molecule has 68 heavy (non-hydrogen) atoms. The molecule has 4 amide bonds. The van der Waals surface area contributed by atoms with Gasteiger partial charge in [0, 0.05) is 42.3 Å². The van der Waals surface area contributed by atoms with E-state index >= 15 is 0 Å². The number of rotatable bonds is 26. The number of aliphatic hydroxyl groups is 1. The Labute approximate surface area is 395 Å². The Balaban J connectivity index is 1.45. The number of aromatic amines is 1. The molecule has 0 aliphatic carbocycles. The largest absolute Gasteiger partial charge is 0.508 e. The topological polar surface area (TPSA) is 336 Å². The van der Waals surface area contributed by atoms with Crippen molar-refractivity contribution in [2.75, 3.05) is 6.54 Å². The predicted molar refractivity (Wildman–Crippen MR) is 252 cm³/mol. The first-order valence-electron chi connectivity index (χ1n) is 22.9. The molecule has 2 aromatic heterocycles. The molecule has 0 saturated heterocycles. The summed E-state index contributed by atoms with van der Waals surface area (Å²) in [6.45, 7) is 12.4. The van der Waals surface area contributed by atoms with E-state index in [9.17, 15) is 48.6 Å². The molecule has 0 saturated carbocycles. The van der Waals surface area contributed by atoms with Crippen LogP contribution in [0.5, 0.6) is 5.75 Å². The van der Waals surface area contributed by atoms with Crippen molar-refractivity contribution in [1.82, 2.24) is 30.8 Å². The van der Waals surface area contributed by atoms with Gasteiger partial charge in [-0.05, 0) is 80.2 Å². The fourth-order valence-corrected chi connectivity index (χ4v) is 8.01. The smallest absolute Gasteiger partial charge is 0.289 e. The Kier molecular flexibility index (Phi) is 19.2. The maximum Gasteiger partial charge on any atom is 0.289 e. The summed E-state index contributed by atoms with van der Waals surface area (Å²) in [4.78, 5) is 115. The molecule has 0 fully saturated rings. The van der Waals surface area contributed by atoms with E-state index in [1.54, 1.807) is 33.0 Å². The Morgan fingerprint density at radius 3 is 2.29 bits per heavy atom. The summed E-state index contributed by atoms with van der Waals surface area (Å²) >= 11 is 0. The number of carbonyl (C=O) groups excluding carboxylic acids is 8. The van der Waals surface area contributed by atoms with Gasteiger partial charge in [-0.3, -0.25) is 38.5 Å². The number of fused-ring (bicyclic) bond motifs is 1. The summed E-state index contributed by atoms with van der Waals surface area (Å²) in [5, 5.41) is 29.6. The van der Waals surface area contributed by atoms with Crippen molar-refractivity contribution in [3.8, 4) is 5.75 Å². The highest BCUT2D eigenvalue weighted by Gasteiger charge is 2.59. The van der Waals surface area contributed by atoms with Crippen LogP contribution in [0.3, 0.4) is 0 Å². The molecular weight excluding hydrogens is 879 g/mol. The lowest BCUT2D eigenvalue weighted by molar-refractivity contribution is -0.153. The van der Waals surface area contributed by atoms with Crippen molar-refractivity contribution < 1.29 is 53.0 Å². The van der Waals surface area contributed by atoms with Gasteiger partial charge in [0.05, 0.1) is 24.0 Å². The third-order valence-electron chi connectivity index (χ3n) is 12.0. The van der Waals surface area contributed by atoms with Crippen LogP contribution >= 0.6 is 0 Å². The van der Waals surface area contributed by atoms with E-state index in [1.165, 1.54) is 30.5 Å². The van der Waals surface area contributed by atoms with Crippen LogP contribution in [0.2, 0.25) is 0 Å². The Morgan fingerprint density at radius 1 is 0.971 bits per heavy atom. The van der Waals surface area contributed by atoms with Gasteiger partial charge < -0.3 is 57.6 Å². The quantitative estimate of drug-likeness (QED) is 0.0182. The highest BCUT2D eigenvalue weighted by Crippen LogP contribution is 2.37. The maximum atomic E-state index is 14.1. The van der Waals surface area contributed by atoms with Gasteiger partial charge in [-0.15, -0.1) is 0 Å². The van der Waals surface area contributed by atoms with Crippen LogP contribution in [0.1, 0.15) is 104 Å². The van der Waals surface area contributed by atoms with Crippen LogP contribution in [0, 0.1) is 23.7 Å². The zero-order valence-electron chi connectivity index (χ0n) is 39.7. The highest BCUT2D eigenvalue weighted by molar-refractivity contribution is 6.38. The van der Waals surface area contributed by atoms with Crippen LogP contribution < -0.4 is 33.2 Å². The molecule has 3 heterocycles. The molecule has 20 heteroatoms. The second kappa shape index (κ2) is 24.1. The summed E-state index contributed by atoms with van der Waals surface area (Å²) < 4.78 is 5.47. The molecule has 3 aromatic rings. The van der Waals surface area contributed by atoms with Crippen LogP contribution in [-0.2, 0) is 44.8 Å². The van der Waals surface area contributed by atoms with Crippen molar-refractivity contribution in [2.45, 2.75) is 129 Å². The molecule has 1 aliphatic rings. The first kappa shape index (κ1) is 54.3. The van der Waals surface area contributed by atoms with Gasteiger partial charge in [-0.25, -0.2) is 4.98 Å². The summed E-state index contributed by atoms with van der Waals surface area (Å²) in [7, 11) is 0. The Bertz CT molecular complexity index is 2370. The minimum Gasteiger partial charge on any atom is -0.508 e. The molecule has 9 unspecified atom stereocenters. The molecule has 0 spiro atoms. The number of nitrogens with zero attached hydrogens (tertiary/aromatic N) is 2. The lowest BCUT2D eigenvalue weighted by atomic mass is 9.74. The van der Waals surface area contributed by atoms with Crippen molar-refractivity contribution in [3.63, 3.8) is 0 Å².